The van der Waals surface area contributed by atoms with Crippen LogP contribution in [0, 0.1) is 0 Å². The van der Waals surface area contributed by atoms with Crippen molar-refractivity contribution in [1.82, 2.24) is 9.80 Å². The van der Waals surface area contributed by atoms with Gasteiger partial charge >= 0.3 is 0 Å². The molecular formula is C21H26BrCl2N3O2. The second-order valence-electron chi connectivity index (χ2n) is 7.26. The van der Waals surface area contributed by atoms with Crippen molar-refractivity contribution in [2.75, 3.05) is 34.2 Å². The first-order valence-corrected chi connectivity index (χ1v) is 10.7. The largest absolute Gasteiger partial charge is 0.507 e. The Morgan fingerprint density at radius 1 is 1.00 bits per heavy atom. The van der Waals surface area contributed by atoms with Gasteiger partial charge in [-0.3, -0.25) is 9.89 Å². The molecule has 0 aromatic heterocycles. The maximum Gasteiger partial charge on any atom is 0.138 e. The fraction of sp³-hybridized carbons (Fsp3) is 0.381. The maximum atomic E-state index is 10.7. The van der Waals surface area contributed by atoms with Gasteiger partial charge in [0, 0.05) is 52.0 Å². The summed E-state index contributed by atoms with van der Waals surface area (Å²) < 4.78 is 0.863. The van der Waals surface area contributed by atoms with E-state index in [0.717, 1.165) is 23.0 Å². The van der Waals surface area contributed by atoms with Crippen LogP contribution in [0.1, 0.15) is 23.1 Å². The third-order valence-corrected chi connectivity index (χ3v) is 5.26. The van der Waals surface area contributed by atoms with Gasteiger partial charge in [0.15, 0.2) is 0 Å². The molecule has 8 heteroatoms. The monoisotopic (exact) mass is 501 g/mol. The van der Waals surface area contributed by atoms with Gasteiger partial charge in [0.25, 0.3) is 0 Å². The van der Waals surface area contributed by atoms with Crippen LogP contribution in [-0.2, 0) is 13.1 Å². The summed E-state index contributed by atoms with van der Waals surface area (Å²) in [6.45, 7) is 2.56. The fourth-order valence-corrected chi connectivity index (χ4v) is 3.97. The second kappa shape index (κ2) is 11.2. The van der Waals surface area contributed by atoms with Crippen molar-refractivity contribution in [3.05, 3.63) is 55.5 Å². The fourth-order valence-electron chi connectivity index (χ4n) is 2.92. The van der Waals surface area contributed by atoms with Crippen molar-refractivity contribution in [3.63, 3.8) is 0 Å². The molecule has 0 saturated carbocycles. The zero-order valence-electron chi connectivity index (χ0n) is 16.8. The number of hydrogen-bond donors (Lipinski definition) is 2. The molecule has 2 N–H and O–H groups in total. The Morgan fingerprint density at radius 3 is 2.31 bits per heavy atom. The Bertz CT molecular complexity index is 875. The highest BCUT2D eigenvalue weighted by molar-refractivity contribution is 9.10. The Hall–Kier alpha value is -1.31. The van der Waals surface area contributed by atoms with E-state index in [1.54, 1.807) is 12.3 Å². The predicted molar refractivity (Wildman–Crippen MR) is 125 cm³/mol. The molecule has 2 rings (SSSR count). The summed E-state index contributed by atoms with van der Waals surface area (Å²) in [4.78, 5) is 8.50. The lowest BCUT2D eigenvalue weighted by molar-refractivity contribution is 0.307. The Labute approximate surface area is 190 Å². The molecule has 0 amide bonds. The van der Waals surface area contributed by atoms with Crippen LogP contribution in [-0.4, -0.2) is 60.5 Å². The first-order valence-electron chi connectivity index (χ1n) is 9.18. The van der Waals surface area contributed by atoms with E-state index in [9.17, 15) is 10.2 Å². The predicted octanol–water partition coefficient (Wildman–Crippen LogP) is 5.17. The third kappa shape index (κ3) is 7.46. The lowest BCUT2D eigenvalue weighted by atomic mass is 10.1. The van der Waals surface area contributed by atoms with E-state index in [-0.39, 0.29) is 16.5 Å². The normalized spacial score (nSPS) is 11.9. The van der Waals surface area contributed by atoms with Crippen LogP contribution < -0.4 is 0 Å². The first-order chi connectivity index (χ1) is 13.7. The number of halogens is 3. The van der Waals surface area contributed by atoms with Crippen LogP contribution in [0.15, 0.2) is 33.7 Å². The summed E-state index contributed by atoms with van der Waals surface area (Å²) in [6, 6.07) is 6.91. The molecule has 0 saturated heterocycles. The Morgan fingerprint density at radius 2 is 1.66 bits per heavy atom. The summed E-state index contributed by atoms with van der Waals surface area (Å²) in [5, 5.41) is 21.5. The van der Waals surface area contributed by atoms with Crippen molar-refractivity contribution in [2.45, 2.75) is 19.5 Å². The topological polar surface area (TPSA) is 59.3 Å². The van der Waals surface area contributed by atoms with E-state index in [0.29, 0.717) is 35.8 Å². The molecular weight excluding hydrogens is 477 g/mol. The summed E-state index contributed by atoms with van der Waals surface area (Å²) in [5.41, 5.74) is 2.05. The molecule has 0 aliphatic rings. The summed E-state index contributed by atoms with van der Waals surface area (Å²) in [5.74, 6) is 0.219. The zero-order valence-corrected chi connectivity index (χ0v) is 19.9. The Balaban J connectivity index is 2.10. The van der Waals surface area contributed by atoms with Crippen molar-refractivity contribution in [3.8, 4) is 11.5 Å². The number of rotatable bonds is 9. The molecule has 2 aromatic carbocycles. The molecule has 2 aromatic rings. The molecule has 158 valence electrons. The van der Waals surface area contributed by atoms with E-state index < -0.39 is 0 Å². The van der Waals surface area contributed by atoms with Crippen LogP contribution in [0.3, 0.4) is 0 Å². The van der Waals surface area contributed by atoms with E-state index in [1.807, 2.05) is 38.2 Å². The smallest absolute Gasteiger partial charge is 0.138 e. The second-order valence-corrected chi connectivity index (χ2v) is 9.02. The molecule has 0 fully saturated rings. The zero-order chi connectivity index (χ0) is 21.6. The SMILES string of the molecule is CN(C)CCCN=Cc1cc(Br)cc(CN(C)Cc2cc(Cl)cc(Cl)c2O)c1O. The minimum absolute atomic E-state index is 0.0203. The quantitative estimate of drug-likeness (QED) is 0.367. The van der Waals surface area contributed by atoms with Crippen LogP contribution in [0.2, 0.25) is 10.0 Å². The van der Waals surface area contributed by atoms with Gasteiger partial charge in [-0.1, -0.05) is 39.1 Å². The molecule has 0 heterocycles. The summed E-state index contributed by atoms with van der Waals surface area (Å²) in [7, 11) is 5.96. The lowest BCUT2D eigenvalue weighted by Crippen LogP contribution is -2.17. The molecule has 0 unspecified atom stereocenters. The van der Waals surface area contributed by atoms with Crippen LogP contribution in [0.4, 0.5) is 0 Å². The van der Waals surface area contributed by atoms with Gasteiger partial charge in [-0.25, -0.2) is 0 Å². The third-order valence-electron chi connectivity index (χ3n) is 4.29. The van der Waals surface area contributed by atoms with Crippen molar-refractivity contribution < 1.29 is 10.2 Å². The lowest BCUT2D eigenvalue weighted by Gasteiger charge is -2.19. The Kier molecular flexibility index (Phi) is 9.24. The van der Waals surface area contributed by atoms with Gasteiger partial charge in [-0.05, 0) is 58.4 Å². The molecule has 0 radical (unpaired) electrons. The molecule has 0 bridgehead atoms. The van der Waals surface area contributed by atoms with E-state index in [1.165, 1.54) is 6.07 Å². The van der Waals surface area contributed by atoms with Gasteiger partial charge in [0.05, 0.1) is 5.02 Å². The van der Waals surface area contributed by atoms with Gasteiger partial charge in [0.1, 0.15) is 11.5 Å². The number of phenolic OH excluding ortho intramolecular Hbond substituents is 2. The molecule has 0 aliphatic carbocycles. The number of benzene rings is 2. The highest BCUT2D eigenvalue weighted by atomic mass is 79.9. The number of aromatic hydroxyl groups is 2. The van der Waals surface area contributed by atoms with Crippen LogP contribution in [0.5, 0.6) is 11.5 Å². The van der Waals surface area contributed by atoms with Gasteiger partial charge in [-0.15, -0.1) is 0 Å². The maximum absolute atomic E-state index is 10.7. The van der Waals surface area contributed by atoms with Crippen LogP contribution in [0.25, 0.3) is 0 Å². The van der Waals surface area contributed by atoms with Gasteiger partial charge in [0.2, 0.25) is 0 Å². The minimum Gasteiger partial charge on any atom is -0.507 e. The average Bonchev–Trinajstić information content (AvgIpc) is 2.62. The number of phenols is 2. The van der Waals surface area contributed by atoms with Crippen molar-refractivity contribution in [1.29, 1.82) is 0 Å². The molecule has 29 heavy (non-hydrogen) atoms. The minimum atomic E-state index is 0.0203. The van der Waals surface area contributed by atoms with Crippen molar-refractivity contribution in [2.24, 2.45) is 4.99 Å². The molecule has 5 nitrogen and oxygen atoms in total. The highest BCUT2D eigenvalue weighted by Crippen LogP contribution is 2.33. The van der Waals surface area contributed by atoms with E-state index in [4.69, 9.17) is 23.2 Å². The highest BCUT2D eigenvalue weighted by Gasteiger charge is 2.14. The number of hydrogen-bond acceptors (Lipinski definition) is 5. The number of nitrogens with zero attached hydrogens (tertiary/aromatic N) is 3. The summed E-state index contributed by atoms with van der Waals surface area (Å²) >= 11 is 15.5. The molecule has 0 spiro atoms. The molecule has 0 aliphatic heterocycles. The van der Waals surface area contributed by atoms with Crippen molar-refractivity contribution >= 4 is 45.3 Å². The number of aliphatic imine (C=N–C) groups is 1. The van der Waals surface area contributed by atoms with Crippen LogP contribution >= 0.6 is 39.1 Å². The van der Waals surface area contributed by atoms with E-state index >= 15 is 0 Å². The summed E-state index contributed by atoms with van der Waals surface area (Å²) in [6.07, 6.45) is 2.67. The average molecular weight is 503 g/mol. The van der Waals surface area contributed by atoms with E-state index in [2.05, 4.69) is 25.8 Å². The van der Waals surface area contributed by atoms with Gasteiger partial charge < -0.3 is 15.1 Å². The molecule has 0 atom stereocenters. The standard InChI is InChI=1S/C21H26BrCl2N3O2/c1-26(2)6-4-5-25-11-14-7-17(22)8-15(20(14)28)12-27(3)13-16-9-18(23)10-19(24)21(16)29/h7-11,28-29H,4-6,12-13H2,1-3H3. The first kappa shape index (κ1) is 24.0. The van der Waals surface area contributed by atoms with Gasteiger partial charge in [-0.2, -0.15) is 0 Å².